The molecule has 1 aliphatic rings. The minimum Gasteiger partial charge on any atom is -0.477 e. The van der Waals surface area contributed by atoms with Gasteiger partial charge in [-0.15, -0.1) is 0 Å². The summed E-state index contributed by atoms with van der Waals surface area (Å²) < 4.78 is 21.3. The first-order chi connectivity index (χ1) is 23.1. The molecule has 47 heavy (non-hydrogen) atoms. The molecule has 234 valence electrons. The van der Waals surface area contributed by atoms with Crippen LogP contribution in [-0.4, -0.2) is 60.2 Å². The van der Waals surface area contributed by atoms with E-state index in [1.165, 1.54) is 17.7 Å². The second-order valence-electron chi connectivity index (χ2n) is 11.4. The van der Waals surface area contributed by atoms with Crippen molar-refractivity contribution in [2.45, 2.75) is 32.4 Å². The van der Waals surface area contributed by atoms with E-state index < -0.39 is 0 Å². The van der Waals surface area contributed by atoms with Crippen molar-refractivity contribution in [2.75, 3.05) is 25.0 Å². The van der Waals surface area contributed by atoms with Crippen molar-refractivity contribution >= 4 is 11.3 Å². The van der Waals surface area contributed by atoms with Crippen LogP contribution in [0.4, 0.5) is 10.2 Å². The first-order valence-electron chi connectivity index (χ1n) is 15.6. The molecular weight excluding hydrogens is 593 g/mol. The molecular formula is C36H32FN9O. The number of piperidine rings is 1. The molecule has 6 aromatic rings. The Hall–Kier alpha value is -5.73. The molecule has 1 aliphatic heterocycles. The molecule has 7 rings (SSSR count). The van der Waals surface area contributed by atoms with Gasteiger partial charge in [0.2, 0.25) is 11.7 Å². The molecule has 0 amide bonds. The van der Waals surface area contributed by atoms with Crippen LogP contribution in [-0.2, 0) is 6.54 Å². The van der Waals surface area contributed by atoms with Crippen LogP contribution >= 0.6 is 0 Å². The molecule has 0 aliphatic carbocycles. The highest BCUT2D eigenvalue weighted by molar-refractivity contribution is 5.94. The molecule has 0 bridgehead atoms. The lowest BCUT2D eigenvalue weighted by Crippen LogP contribution is -2.38. The van der Waals surface area contributed by atoms with Gasteiger partial charge in [-0.1, -0.05) is 24.3 Å². The molecule has 11 heteroatoms. The average molecular weight is 626 g/mol. The summed E-state index contributed by atoms with van der Waals surface area (Å²) in [6.07, 6.45) is 6.98. The number of halogens is 1. The largest absolute Gasteiger partial charge is 0.477 e. The number of anilines is 1. The van der Waals surface area contributed by atoms with Crippen LogP contribution < -0.4 is 10.1 Å². The Morgan fingerprint density at radius 1 is 0.957 bits per heavy atom. The average Bonchev–Trinajstić information content (AvgIpc) is 3.49. The SMILES string of the molecule is CCOc1ncccc1-c1nn2cnc(-c3ccc(F)cc3)cc2c1-c1ccc(CN2CCC(Nc3ccnc(C#N)n3)CC2)cc1. The summed E-state index contributed by atoms with van der Waals surface area (Å²) in [6.45, 7) is 5.16. The number of hydrogen-bond acceptors (Lipinski definition) is 9. The van der Waals surface area contributed by atoms with Crippen LogP contribution in [0.2, 0.25) is 0 Å². The van der Waals surface area contributed by atoms with Crippen molar-refractivity contribution in [3.05, 3.63) is 109 Å². The van der Waals surface area contributed by atoms with Crippen molar-refractivity contribution in [1.82, 2.24) is 34.4 Å². The topological polar surface area (TPSA) is 117 Å². The minimum atomic E-state index is -0.291. The number of nitrogens with zero attached hydrogens (tertiary/aromatic N) is 8. The summed E-state index contributed by atoms with van der Waals surface area (Å²) in [5.74, 6) is 1.09. The maximum absolute atomic E-state index is 13.7. The van der Waals surface area contributed by atoms with Crippen molar-refractivity contribution in [2.24, 2.45) is 0 Å². The Morgan fingerprint density at radius 2 is 1.74 bits per heavy atom. The Balaban J connectivity index is 1.15. The highest BCUT2D eigenvalue weighted by Gasteiger charge is 2.22. The monoisotopic (exact) mass is 625 g/mol. The van der Waals surface area contributed by atoms with Crippen molar-refractivity contribution in [3.63, 3.8) is 0 Å². The molecule has 0 saturated carbocycles. The van der Waals surface area contributed by atoms with Gasteiger partial charge in [0.1, 0.15) is 29.7 Å². The van der Waals surface area contributed by atoms with Crippen LogP contribution in [0.5, 0.6) is 5.88 Å². The summed E-state index contributed by atoms with van der Waals surface area (Å²) in [7, 11) is 0. The number of nitriles is 1. The predicted octanol–water partition coefficient (Wildman–Crippen LogP) is 6.40. The first kappa shape index (κ1) is 30.0. The summed E-state index contributed by atoms with van der Waals surface area (Å²) in [5.41, 5.74) is 7.11. The summed E-state index contributed by atoms with van der Waals surface area (Å²) in [6, 6.07) is 24.9. The lowest BCUT2D eigenvalue weighted by Gasteiger charge is -2.32. The minimum absolute atomic E-state index is 0.173. The summed E-state index contributed by atoms with van der Waals surface area (Å²) >= 11 is 0. The van der Waals surface area contributed by atoms with Gasteiger partial charge in [-0.05, 0) is 79.4 Å². The van der Waals surface area contributed by atoms with Crippen LogP contribution in [0.1, 0.15) is 31.2 Å². The number of benzene rings is 2. The number of likely N-dealkylation sites (tertiary alicyclic amines) is 1. The third kappa shape index (κ3) is 6.50. The Labute approximate surface area is 271 Å². The normalized spacial score (nSPS) is 13.8. The maximum atomic E-state index is 13.7. The fourth-order valence-corrected chi connectivity index (χ4v) is 6.00. The molecule has 10 nitrogen and oxygen atoms in total. The molecule has 4 aromatic heterocycles. The number of aromatic nitrogens is 6. The number of pyridine rings is 1. The second kappa shape index (κ2) is 13.3. The van der Waals surface area contributed by atoms with E-state index in [0.29, 0.717) is 24.3 Å². The van der Waals surface area contributed by atoms with E-state index in [1.807, 2.05) is 31.2 Å². The molecule has 2 aromatic carbocycles. The van der Waals surface area contributed by atoms with Gasteiger partial charge in [0, 0.05) is 49.2 Å². The second-order valence-corrected chi connectivity index (χ2v) is 11.4. The van der Waals surface area contributed by atoms with E-state index >= 15 is 0 Å². The van der Waals surface area contributed by atoms with Crippen LogP contribution in [0.3, 0.4) is 0 Å². The number of ether oxygens (including phenoxy) is 1. The number of rotatable bonds is 9. The van der Waals surface area contributed by atoms with Crippen LogP contribution in [0.15, 0.2) is 91.5 Å². The third-order valence-electron chi connectivity index (χ3n) is 8.32. The van der Waals surface area contributed by atoms with Gasteiger partial charge in [-0.2, -0.15) is 10.4 Å². The highest BCUT2D eigenvalue weighted by atomic mass is 19.1. The Kier molecular flexibility index (Phi) is 8.49. The number of hydrogen-bond donors (Lipinski definition) is 1. The zero-order valence-corrected chi connectivity index (χ0v) is 25.8. The lowest BCUT2D eigenvalue weighted by atomic mass is 9.98. The van der Waals surface area contributed by atoms with Gasteiger partial charge in [0.05, 0.1) is 23.4 Å². The van der Waals surface area contributed by atoms with E-state index in [4.69, 9.17) is 15.1 Å². The molecule has 0 spiro atoms. The smallest absolute Gasteiger partial charge is 0.234 e. The first-order valence-corrected chi connectivity index (χ1v) is 15.6. The van der Waals surface area contributed by atoms with Gasteiger partial charge in [-0.3, -0.25) is 4.90 Å². The zero-order valence-electron chi connectivity index (χ0n) is 25.8. The molecule has 0 atom stereocenters. The van der Waals surface area contributed by atoms with Crippen molar-refractivity contribution in [3.8, 4) is 45.6 Å². The zero-order chi connectivity index (χ0) is 32.2. The summed E-state index contributed by atoms with van der Waals surface area (Å²) in [5, 5.41) is 17.5. The standard InChI is InChI=1S/C36H32FN9O/c1-2-47-36-29(4-3-16-40-36)35-34(31-20-30(41-23-46(31)44-35)25-9-11-27(37)12-10-25)26-7-5-24(6-8-26)22-45-18-14-28(15-19-45)42-32-13-17-39-33(21-38)43-32/h3-13,16-17,20,23,28H,2,14-15,18-19,22H2,1H3,(H,39,42,43). The maximum Gasteiger partial charge on any atom is 0.234 e. The quantitative estimate of drug-likeness (QED) is 0.195. The fourth-order valence-electron chi connectivity index (χ4n) is 6.00. The van der Waals surface area contributed by atoms with Crippen LogP contribution in [0.25, 0.3) is 39.2 Å². The highest BCUT2D eigenvalue weighted by Crippen LogP contribution is 2.39. The summed E-state index contributed by atoms with van der Waals surface area (Å²) in [4.78, 5) is 19.8. The van der Waals surface area contributed by atoms with Crippen molar-refractivity contribution in [1.29, 1.82) is 5.26 Å². The van der Waals surface area contributed by atoms with E-state index in [2.05, 4.69) is 54.4 Å². The molecule has 0 unspecified atom stereocenters. The van der Waals surface area contributed by atoms with Crippen LogP contribution in [0, 0.1) is 17.1 Å². The predicted molar refractivity (Wildman–Crippen MR) is 177 cm³/mol. The van der Waals surface area contributed by atoms with Gasteiger partial charge >= 0.3 is 0 Å². The molecule has 1 N–H and O–H groups in total. The van der Waals surface area contributed by atoms with Gasteiger partial charge in [0.25, 0.3) is 0 Å². The van der Waals surface area contributed by atoms with Gasteiger partial charge in [0.15, 0.2) is 0 Å². The number of nitrogens with one attached hydrogen (secondary N) is 1. The van der Waals surface area contributed by atoms with Gasteiger partial charge < -0.3 is 10.1 Å². The van der Waals surface area contributed by atoms with E-state index in [9.17, 15) is 4.39 Å². The fraction of sp³-hybridized carbons (Fsp3) is 0.222. The molecule has 1 saturated heterocycles. The van der Waals surface area contributed by atoms with E-state index in [0.717, 1.165) is 71.6 Å². The Morgan fingerprint density at radius 3 is 2.51 bits per heavy atom. The number of fused-ring (bicyclic) bond motifs is 1. The molecule has 5 heterocycles. The van der Waals surface area contributed by atoms with Gasteiger partial charge in [-0.25, -0.2) is 28.8 Å². The Bertz CT molecular complexity index is 2050. The van der Waals surface area contributed by atoms with E-state index in [1.54, 1.807) is 41.4 Å². The molecule has 1 fully saturated rings. The third-order valence-corrected chi connectivity index (χ3v) is 8.32. The molecule has 0 radical (unpaired) electrons. The lowest BCUT2D eigenvalue weighted by molar-refractivity contribution is 0.211. The van der Waals surface area contributed by atoms with Crippen molar-refractivity contribution < 1.29 is 9.13 Å². The van der Waals surface area contributed by atoms with E-state index in [-0.39, 0.29) is 11.6 Å².